The van der Waals surface area contributed by atoms with Crippen molar-refractivity contribution in [1.29, 1.82) is 0 Å². The third-order valence-corrected chi connectivity index (χ3v) is 15.0. The predicted molar refractivity (Wildman–Crippen MR) is 389 cm³/mol. The molecule has 28 heteroatoms. The molecule has 1 aromatic heterocycles. The maximum absolute atomic E-state index is 13.1. The average molecular weight is 1440 g/mol. The quantitative estimate of drug-likeness (QED) is 0.00884. The van der Waals surface area contributed by atoms with Gasteiger partial charge in [0.2, 0.25) is 5.82 Å². The second-order valence-corrected chi connectivity index (χ2v) is 23.2. The van der Waals surface area contributed by atoms with Gasteiger partial charge in [0.15, 0.2) is 23.8 Å². The Balaban J connectivity index is 0.000000221. The van der Waals surface area contributed by atoms with Gasteiger partial charge < -0.3 is 35.0 Å². The number of ketones is 1. The molecule has 0 aliphatic carbocycles. The molecule has 1 heterocycles. The fourth-order valence-corrected chi connectivity index (χ4v) is 9.19. The second-order valence-electron chi connectivity index (χ2n) is 22.4. The van der Waals surface area contributed by atoms with Crippen molar-refractivity contribution in [3.8, 4) is 17.2 Å². The van der Waals surface area contributed by atoms with E-state index < -0.39 is 48.0 Å². The van der Waals surface area contributed by atoms with Gasteiger partial charge in [-0.05, 0) is 200 Å². The summed E-state index contributed by atoms with van der Waals surface area (Å²) in [6.07, 6.45) is -5.32. The number of anilines is 6. The molecule has 9 rings (SSSR count). The summed E-state index contributed by atoms with van der Waals surface area (Å²) in [5, 5.41) is 7.06. The maximum Gasteiger partial charge on any atom is 0.451 e. The van der Waals surface area contributed by atoms with Gasteiger partial charge in [0.1, 0.15) is 23.8 Å². The number of esters is 2. The van der Waals surface area contributed by atoms with Crippen LogP contribution < -0.4 is 68.3 Å². The van der Waals surface area contributed by atoms with Crippen LogP contribution in [0.5, 0.6) is 17.2 Å². The summed E-state index contributed by atoms with van der Waals surface area (Å²) in [6.45, 7) is 16.7. The number of hydrogen-bond acceptors (Lipinski definition) is 19. The Morgan fingerprint density at radius 2 is 1.06 bits per heavy atom. The molecule has 0 aliphatic heterocycles. The van der Waals surface area contributed by atoms with E-state index in [1.807, 2.05) is 103 Å². The van der Waals surface area contributed by atoms with Crippen molar-refractivity contribution in [3.05, 3.63) is 231 Å². The Morgan fingerprint density at radius 3 is 1.61 bits per heavy atom. The van der Waals surface area contributed by atoms with Gasteiger partial charge in [-0.3, -0.25) is 61.3 Å². The molecule has 0 saturated heterocycles. The van der Waals surface area contributed by atoms with E-state index in [-0.39, 0.29) is 42.1 Å². The molecule has 10 N–H and O–H groups in total. The first-order valence-corrected chi connectivity index (χ1v) is 32.6. The number of nitrogens with one attached hydrogen (secondary N) is 10. The highest BCUT2D eigenvalue weighted by molar-refractivity contribution is 6.42. The highest BCUT2D eigenvalue weighted by atomic mass is 35.5. The number of hydrogen-bond donors (Lipinski definition) is 10. The molecule has 8 aromatic carbocycles. The lowest BCUT2D eigenvalue weighted by molar-refractivity contribution is -0.154. The van der Waals surface area contributed by atoms with Gasteiger partial charge >= 0.3 is 24.0 Å². The first kappa shape index (κ1) is 79.5. The number of rotatable bonds is 24. The zero-order valence-corrected chi connectivity index (χ0v) is 59.0. The fraction of sp³-hybridized carbons (Fsp3) is 0.230. The van der Waals surface area contributed by atoms with Gasteiger partial charge in [-0.25, -0.2) is 20.2 Å². The Hall–Kier alpha value is -11.5. The number of carbonyl (C=O) groups excluding carboxylic acids is 7. The Bertz CT molecular complexity index is 4330. The number of carbonyl (C=O) groups is 7. The van der Waals surface area contributed by atoms with Crippen LogP contribution in [-0.2, 0) is 34.9 Å². The molecular weight excluding hydrogens is 1360 g/mol. The first-order chi connectivity index (χ1) is 48.7. The number of hydrazine groups is 4. The number of nitrogens with zero attached hydrogens (tertiary/aromatic N) is 2. The minimum absolute atomic E-state index is 0.00806. The van der Waals surface area contributed by atoms with E-state index in [2.05, 4.69) is 68.7 Å². The van der Waals surface area contributed by atoms with Crippen molar-refractivity contribution in [2.45, 2.75) is 93.5 Å². The minimum Gasteiger partial charge on any atom is -0.480 e. The number of aryl methyl sites for hydroxylation is 5. The van der Waals surface area contributed by atoms with Gasteiger partial charge in [0.25, 0.3) is 17.7 Å². The Kier molecular flexibility index (Phi) is 30.7. The van der Waals surface area contributed by atoms with E-state index in [9.17, 15) is 46.7 Å². The van der Waals surface area contributed by atoms with Crippen LogP contribution in [0.3, 0.4) is 0 Å². The van der Waals surface area contributed by atoms with Crippen LogP contribution in [0.2, 0.25) is 10.0 Å². The summed E-state index contributed by atoms with van der Waals surface area (Å²) in [6, 6.07) is 50.5. The lowest BCUT2D eigenvalue weighted by Crippen LogP contribution is -2.41. The molecule has 0 fully saturated rings. The topological polar surface area (TPSA) is 302 Å². The van der Waals surface area contributed by atoms with E-state index in [1.54, 1.807) is 129 Å². The van der Waals surface area contributed by atoms with Crippen LogP contribution in [0.15, 0.2) is 176 Å². The summed E-state index contributed by atoms with van der Waals surface area (Å²) in [7, 11) is 1.81. The Labute approximate surface area is 598 Å². The van der Waals surface area contributed by atoms with Crippen LogP contribution >= 0.6 is 23.2 Å². The normalized spacial score (nSPS) is 11.1. The van der Waals surface area contributed by atoms with Gasteiger partial charge in [0.05, 0.1) is 39.2 Å². The number of benzene rings is 8. The van der Waals surface area contributed by atoms with Crippen LogP contribution in [0, 0.1) is 34.6 Å². The van der Waals surface area contributed by atoms with Gasteiger partial charge in [-0.1, -0.05) is 102 Å². The van der Waals surface area contributed by atoms with Crippen molar-refractivity contribution in [3.63, 3.8) is 0 Å². The van der Waals surface area contributed by atoms with Crippen molar-refractivity contribution < 1.29 is 65.7 Å². The lowest BCUT2D eigenvalue weighted by atomic mass is 10.1. The van der Waals surface area contributed by atoms with Crippen LogP contribution in [0.1, 0.15) is 94.9 Å². The number of halogens is 5. The van der Waals surface area contributed by atoms with Crippen molar-refractivity contribution in [1.82, 2.24) is 31.7 Å². The third-order valence-electron chi connectivity index (χ3n) is 14.3. The first-order valence-electron chi connectivity index (χ1n) is 31.8. The van der Waals surface area contributed by atoms with Gasteiger partial charge in [-0.15, -0.1) is 0 Å². The molecule has 2 unspecified atom stereocenters. The lowest BCUT2D eigenvalue weighted by Gasteiger charge is -2.20. The van der Waals surface area contributed by atoms with Crippen molar-refractivity contribution in [2.24, 2.45) is 0 Å². The Morgan fingerprint density at radius 1 is 0.529 bits per heavy atom. The summed E-state index contributed by atoms with van der Waals surface area (Å²) >= 11 is 11.7. The molecule has 102 heavy (non-hydrogen) atoms. The molecule has 536 valence electrons. The molecule has 0 radical (unpaired) electrons. The number of aromatic nitrogens is 2. The van der Waals surface area contributed by atoms with Gasteiger partial charge in [-0.2, -0.15) is 13.2 Å². The number of fused-ring (bicyclic) bond motifs is 1. The molecule has 2 atom stereocenters. The number of para-hydroxylation sites is 1. The number of ether oxygens (including phenoxy) is 4. The molecule has 0 spiro atoms. The summed E-state index contributed by atoms with van der Waals surface area (Å²) < 4.78 is 60.8. The summed E-state index contributed by atoms with van der Waals surface area (Å²) in [5.41, 5.74) is 30.6. The standard InChI is InChI=1S/C27H29N3O4.C21H21F3N4O2.C15H14Cl2N2O2.C11H15N3O3/c1-5-24(34-25-15-6-17(2)16-18(25)3)27(33)28-22-11-9-21(10-12-22)26(32)30-29-23-13-7-20(8-14-23)19(4)31;1-4-16(30-17-10-9-12(2)11-13(17)3)19(29)28-27-18-14-7-5-6-8-15(14)25-20(26-18)21(22,23)24;1-10-2-5-12(6-3-10)21-15(20)9-18-19-11-4-7-13(16)14(17)8-11;1-3-17-11(16)10(15)14-13-9-6-4-8(12-2)5-7-9/h6-16,24,29H,5H2,1-4H3,(H,28,33)(H,30,32);5-11,16H,4H2,1-3H3,(H,28,29)(H,25,26,27);2-8,18-19H,9H2,1H3;4-7,12-13H,3H2,1-2H3,(H,14,15). The minimum atomic E-state index is -4.72. The zero-order chi connectivity index (χ0) is 74.5. The molecule has 23 nitrogen and oxygen atoms in total. The average Bonchev–Trinajstić information content (AvgIpc) is 0.794. The summed E-state index contributed by atoms with van der Waals surface area (Å²) in [5.74, 6) is -2.96. The van der Waals surface area contributed by atoms with E-state index >= 15 is 0 Å². The fourth-order valence-electron chi connectivity index (χ4n) is 8.89. The molecule has 0 saturated carbocycles. The number of Topliss-reactive ketones (excluding diaryl/α,β-unsaturated/α-hetero) is 1. The maximum atomic E-state index is 13.1. The molecule has 9 aromatic rings. The molecular formula is C74H79Cl2F3N12O11. The SMILES string of the molecule is CCC(Oc1ccc(C)cc1C)C(=O)NNc1nc(C(F)(F)F)nc2ccccc12.CCC(Oc1ccc(C)cc1C)C(=O)Nc1ccc(C(=O)NNc2ccc(C(C)=O)cc2)cc1.CCOC(=O)C(=O)NNc1ccc(NC)cc1.Cc1ccc(OC(=O)CNNc2ccc(Cl)c(Cl)c2)cc1. The van der Waals surface area contributed by atoms with E-state index in [4.69, 9.17) is 37.4 Å². The number of amides is 4. The number of alkyl halides is 3. The van der Waals surface area contributed by atoms with Crippen LogP contribution in [0.4, 0.5) is 47.4 Å². The van der Waals surface area contributed by atoms with Crippen molar-refractivity contribution in [2.75, 3.05) is 52.5 Å². The van der Waals surface area contributed by atoms with Crippen LogP contribution in [0.25, 0.3) is 10.9 Å². The van der Waals surface area contributed by atoms with E-state index in [0.717, 1.165) is 33.5 Å². The highest BCUT2D eigenvalue weighted by Crippen LogP contribution is 2.31. The zero-order valence-electron chi connectivity index (χ0n) is 57.5. The largest absolute Gasteiger partial charge is 0.480 e. The van der Waals surface area contributed by atoms with Gasteiger partial charge in [0, 0.05) is 34.9 Å². The van der Waals surface area contributed by atoms with E-state index in [1.165, 1.54) is 13.0 Å². The molecule has 0 bridgehead atoms. The monoisotopic (exact) mass is 1440 g/mol. The highest BCUT2D eigenvalue weighted by Gasteiger charge is 2.36. The third kappa shape index (κ3) is 25.7. The molecule has 4 amide bonds. The summed E-state index contributed by atoms with van der Waals surface area (Å²) in [4.78, 5) is 89.9. The van der Waals surface area contributed by atoms with Crippen molar-refractivity contribution >= 4 is 110 Å². The smallest absolute Gasteiger partial charge is 0.451 e. The second kappa shape index (κ2) is 39.3. The molecule has 0 aliphatic rings. The van der Waals surface area contributed by atoms with Crippen LogP contribution in [-0.4, -0.2) is 83.7 Å². The van der Waals surface area contributed by atoms with E-state index in [0.29, 0.717) is 79.4 Å². The predicted octanol–water partition coefficient (Wildman–Crippen LogP) is 14.2.